The number of rotatable bonds is 5. The summed E-state index contributed by atoms with van der Waals surface area (Å²) in [5, 5.41) is 7.01. The Balaban J connectivity index is 1.42. The molecular weight excluding hydrogens is 316 g/mol. The number of hydrogen-bond donors (Lipinski definition) is 1. The monoisotopic (exact) mass is 342 g/mol. The molecule has 2 amide bonds. The van der Waals surface area contributed by atoms with Crippen LogP contribution in [0.1, 0.15) is 29.7 Å². The summed E-state index contributed by atoms with van der Waals surface area (Å²) in [6.07, 6.45) is 1.59. The van der Waals surface area contributed by atoms with Gasteiger partial charge in [-0.2, -0.15) is 0 Å². The highest BCUT2D eigenvalue weighted by atomic mass is 16.5. The van der Waals surface area contributed by atoms with Crippen molar-refractivity contribution < 1.29 is 9.32 Å². The number of amides is 2. The number of carbonyl (C=O) groups is 1. The second-order valence-corrected chi connectivity index (χ2v) is 6.76. The normalized spacial score (nSPS) is 16.6. The Morgan fingerprint density at radius 1 is 1.28 bits per heavy atom. The van der Waals surface area contributed by atoms with Crippen LogP contribution in [0.2, 0.25) is 0 Å². The lowest BCUT2D eigenvalue weighted by Gasteiger charge is -2.34. The zero-order valence-electron chi connectivity index (χ0n) is 14.9. The minimum absolute atomic E-state index is 0.0283. The Kier molecular flexibility index (Phi) is 5.71. The van der Waals surface area contributed by atoms with Gasteiger partial charge in [-0.25, -0.2) is 4.79 Å². The second kappa shape index (κ2) is 8.16. The molecule has 25 heavy (non-hydrogen) atoms. The van der Waals surface area contributed by atoms with E-state index in [9.17, 15) is 4.79 Å². The Bertz CT molecular complexity index is 678. The number of aryl methyl sites for hydroxylation is 1. The number of piperazine rings is 1. The van der Waals surface area contributed by atoms with Crippen LogP contribution in [-0.4, -0.2) is 53.7 Å². The molecule has 0 bridgehead atoms. The zero-order valence-corrected chi connectivity index (χ0v) is 14.9. The molecule has 2 aromatic rings. The average Bonchev–Trinajstić information content (AvgIpc) is 3.13. The fraction of sp³-hybridized carbons (Fsp3) is 0.474. The van der Waals surface area contributed by atoms with E-state index in [1.54, 1.807) is 6.26 Å². The van der Waals surface area contributed by atoms with E-state index in [1.165, 1.54) is 11.1 Å². The molecule has 1 unspecified atom stereocenters. The third-order valence-corrected chi connectivity index (χ3v) is 4.71. The van der Waals surface area contributed by atoms with Crippen molar-refractivity contribution in [1.82, 2.24) is 20.3 Å². The first-order valence-electron chi connectivity index (χ1n) is 8.83. The summed E-state index contributed by atoms with van der Waals surface area (Å²) >= 11 is 0. The quantitative estimate of drug-likeness (QED) is 0.907. The van der Waals surface area contributed by atoms with E-state index in [-0.39, 0.29) is 6.03 Å². The van der Waals surface area contributed by atoms with E-state index in [2.05, 4.69) is 53.5 Å². The van der Waals surface area contributed by atoms with Crippen LogP contribution in [0.4, 0.5) is 4.79 Å². The zero-order chi connectivity index (χ0) is 17.6. The van der Waals surface area contributed by atoms with Crippen LogP contribution in [0.15, 0.2) is 41.1 Å². The molecule has 0 saturated carbocycles. The van der Waals surface area contributed by atoms with E-state index in [1.807, 2.05) is 11.0 Å². The molecule has 1 fully saturated rings. The highest BCUT2D eigenvalue weighted by Crippen LogP contribution is 2.15. The Morgan fingerprint density at radius 3 is 2.76 bits per heavy atom. The smallest absolute Gasteiger partial charge is 0.317 e. The van der Waals surface area contributed by atoms with Crippen molar-refractivity contribution >= 4 is 6.03 Å². The van der Waals surface area contributed by atoms with Gasteiger partial charge in [-0.05, 0) is 18.4 Å². The first-order valence-corrected chi connectivity index (χ1v) is 8.83. The largest absolute Gasteiger partial charge is 0.364 e. The SMILES string of the molecule is Cc1cccc(C(C)CNC(=O)N2CCN(Cc3ccon3)CC2)c1. The second-order valence-electron chi connectivity index (χ2n) is 6.76. The molecule has 2 heterocycles. The lowest BCUT2D eigenvalue weighted by Crippen LogP contribution is -2.51. The van der Waals surface area contributed by atoms with Crippen LogP contribution in [0.5, 0.6) is 0 Å². The van der Waals surface area contributed by atoms with Gasteiger partial charge in [-0.15, -0.1) is 0 Å². The molecule has 1 aromatic heterocycles. The van der Waals surface area contributed by atoms with Crippen LogP contribution in [0.3, 0.4) is 0 Å². The first-order chi connectivity index (χ1) is 12.1. The van der Waals surface area contributed by atoms with Crippen molar-refractivity contribution in [2.75, 3.05) is 32.7 Å². The van der Waals surface area contributed by atoms with Gasteiger partial charge in [0.15, 0.2) is 0 Å². The van der Waals surface area contributed by atoms with Gasteiger partial charge in [0.25, 0.3) is 0 Å². The van der Waals surface area contributed by atoms with Crippen molar-refractivity contribution in [3.63, 3.8) is 0 Å². The van der Waals surface area contributed by atoms with E-state index in [0.29, 0.717) is 12.5 Å². The third kappa shape index (κ3) is 4.82. The van der Waals surface area contributed by atoms with Crippen LogP contribution >= 0.6 is 0 Å². The predicted octanol–water partition coefficient (Wildman–Crippen LogP) is 2.61. The van der Waals surface area contributed by atoms with Crippen molar-refractivity contribution in [2.24, 2.45) is 0 Å². The molecular formula is C19H26N4O2. The summed E-state index contributed by atoms with van der Waals surface area (Å²) in [4.78, 5) is 16.6. The standard InChI is InChI=1S/C19H26N4O2/c1-15-4-3-5-17(12-15)16(2)13-20-19(24)23-9-7-22(8-10-23)14-18-6-11-25-21-18/h3-6,11-12,16H,7-10,13-14H2,1-2H3,(H,20,24). The molecule has 1 saturated heterocycles. The molecule has 6 heteroatoms. The van der Waals surface area contributed by atoms with Gasteiger partial charge in [0.1, 0.15) is 6.26 Å². The van der Waals surface area contributed by atoms with Crippen molar-refractivity contribution in [3.05, 3.63) is 53.4 Å². The fourth-order valence-electron chi connectivity index (χ4n) is 3.10. The van der Waals surface area contributed by atoms with Crippen LogP contribution in [0.25, 0.3) is 0 Å². The maximum atomic E-state index is 12.4. The molecule has 1 atom stereocenters. The number of nitrogens with zero attached hydrogens (tertiary/aromatic N) is 3. The van der Waals surface area contributed by atoms with E-state index in [4.69, 9.17) is 4.52 Å². The number of hydrogen-bond acceptors (Lipinski definition) is 4. The maximum absolute atomic E-state index is 12.4. The molecule has 0 aliphatic carbocycles. The molecule has 1 aromatic carbocycles. The number of aromatic nitrogens is 1. The Morgan fingerprint density at radius 2 is 2.08 bits per heavy atom. The summed E-state index contributed by atoms with van der Waals surface area (Å²) < 4.78 is 4.86. The molecule has 6 nitrogen and oxygen atoms in total. The molecule has 0 radical (unpaired) electrons. The van der Waals surface area contributed by atoms with Crippen molar-refractivity contribution in [2.45, 2.75) is 26.3 Å². The maximum Gasteiger partial charge on any atom is 0.317 e. The molecule has 1 N–H and O–H groups in total. The van der Waals surface area contributed by atoms with E-state index in [0.717, 1.165) is 38.4 Å². The first kappa shape index (κ1) is 17.5. The Labute approximate surface area is 148 Å². The minimum atomic E-state index is 0.0283. The fourth-order valence-corrected chi connectivity index (χ4v) is 3.10. The molecule has 1 aliphatic heterocycles. The molecule has 1 aliphatic rings. The summed E-state index contributed by atoms with van der Waals surface area (Å²) in [6, 6.07) is 10.4. The topological polar surface area (TPSA) is 61.6 Å². The molecule has 3 rings (SSSR count). The highest BCUT2D eigenvalue weighted by Gasteiger charge is 2.21. The van der Waals surface area contributed by atoms with Gasteiger partial charge in [0.05, 0.1) is 5.69 Å². The highest BCUT2D eigenvalue weighted by molar-refractivity contribution is 5.74. The Hall–Kier alpha value is -2.34. The van der Waals surface area contributed by atoms with Crippen molar-refractivity contribution in [3.8, 4) is 0 Å². The molecule has 134 valence electrons. The van der Waals surface area contributed by atoms with Crippen LogP contribution in [0, 0.1) is 6.92 Å². The third-order valence-electron chi connectivity index (χ3n) is 4.71. The molecule has 0 spiro atoms. The number of benzene rings is 1. The van der Waals surface area contributed by atoms with E-state index >= 15 is 0 Å². The van der Waals surface area contributed by atoms with Gasteiger partial charge in [-0.3, -0.25) is 4.90 Å². The number of carbonyl (C=O) groups excluding carboxylic acids is 1. The lowest BCUT2D eigenvalue weighted by atomic mass is 9.99. The summed E-state index contributed by atoms with van der Waals surface area (Å²) in [5.41, 5.74) is 3.45. The predicted molar refractivity (Wildman–Crippen MR) is 96.3 cm³/mol. The van der Waals surface area contributed by atoms with Crippen LogP contribution < -0.4 is 5.32 Å². The minimum Gasteiger partial charge on any atom is -0.364 e. The lowest BCUT2D eigenvalue weighted by molar-refractivity contribution is 0.133. The van der Waals surface area contributed by atoms with Crippen LogP contribution in [-0.2, 0) is 6.54 Å². The van der Waals surface area contributed by atoms with Gasteiger partial charge in [-0.1, -0.05) is 41.9 Å². The van der Waals surface area contributed by atoms with Gasteiger partial charge >= 0.3 is 6.03 Å². The summed E-state index contributed by atoms with van der Waals surface area (Å²) in [5.74, 6) is 0.303. The van der Waals surface area contributed by atoms with Gasteiger partial charge in [0.2, 0.25) is 0 Å². The number of nitrogens with one attached hydrogen (secondary N) is 1. The van der Waals surface area contributed by atoms with Gasteiger partial charge in [0, 0.05) is 45.3 Å². The van der Waals surface area contributed by atoms with E-state index < -0.39 is 0 Å². The number of urea groups is 1. The van der Waals surface area contributed by atoms with Gasteiger partial charge < -0.3 is 14.7 Å². The van der Waals surface area contributed by atoms with Crippen molar-refractivity contribution in [1.29, 1.82) is 0 Å². The summed E-state index contributed by atoms with van der Waals surface area (Å²) in [6.45, 7) is 8.85. The average molecular weight is 342 g/mol. The summed E-state index contributed by atoms with van der Waals surface area (Å²) in [7, 11) is 0.